The summed E-state index contributed by atoms with van der Waals surface area (Å²) in [6.07, 6.45) is 0. The first-order chi connectivity index (χ1) is 9.51. The Bertz CT molecular complexity index is 574. The van der Waals surface area contributed by atoms with Crippen molar-refractivity contribution in [1.29, 1.82) is 0 Å². The molecular formula is C13H14N2O5. The largest absolute Gasteiger partial charge is 0.510 e. The number of nitrogens with zero attached hydrogens (tertiary/aromatic N) is 2. The number of aliphatic hydroxyl groups excluding tert-OH is 1. The summed E-state index contributed by atoms with van der Waals surface area (Å²) in [7, 11) is 2.40. The monoisotopic (exact) mass is 278 g/mol. The van der Waals surface area contributed by atoms with E-state index in [0.29, 0.717) is 0 Å². The summed E-state index contributed by atoms with van der Waals surface area (Å²) in [6.45, 7) is 1.28. The molecule has 0 fully saturated rings. The van der Waals surface area contributed by atoms with Crippen molar-refractivity contribution in [2.45, 2.75) is 6.92 Å². The van der Waals surface area contributed by atoms with Crippen molar-refractivity contribution in [2.75, 3.05) is 14.2 Å². The van der Waals surface area contributed by atoms with E-state index >= 15 is 0 Å². The van der Waals surface area contributed by atoms with Crippen LogP contribution in [0.5, 0.6) is 0 Å². The Kier molecular flexibility index (Phi) is 5.40. The Morgan fingerprint density at radius 2 is 1.80 bits per heavy atom. The highest BCUT2D eigenvalue weighted by Gasteiger charge is 2.14. The molecule has 0 amide bonds. The fraction of sp³-hybridized carbons (Fsp3) is 0.231. The van der Waals surface area contributed by atoms with E-state index in [4.69, 9.17) is 0 Å². The van der Waals surface area contributed by atoms with Gasteiger partial charge in [0.1, 0.15) is 11.4 Å². The van der Waals surface area contributed by atoms with Gasteiger partial charge in [0, 0.05) is 0 Å². The van der Waals surface area contributed by atoms with Crippen molar-refractivity contribution in [1.82, 2.24) is 0 Å². The Hall–Kier alpha value is -2.70. The zero-order chi connectivity index (χ0) is 15.1. The topological polar surface area (TPSA) is 97.6 Å². The maximum absolute atomic E-state index is 11.5. The lowest BCUT2D eigenvalue weighted by molar-refractivity contribution is -0.136. The van der Waals surface area contributed by atoms with Crippen LogP contribution in [0.2, 0.25) is 0 Å². The quantitative estimate of drug-likeness (QED) is 0.395. The van der Waals surface area contributed by atoms with Crippen LogP contribution in [0.4, 0.5) is 5.69 Å². The van der Waals surface area contributed by atoms with Crippen LogP contribution in [0.15, 0.2) is 46.0 Å². The molecular weight excluding hydrogens is 264 g/mol. The number of ether oxygens (including phenoxy) is 2. The van der Waals surface area contributed by atoms with Crippen LogP contribution in [0.25, 0.3) is 0 Å². The van der Waals surface area contributed by atoms with Gasteiger partial charge < -0.3 is 14.6 Å². The molecule has 0 atom stereocenters. The number of allylic oxidation sites excluding steroid dienone is 1. The van der Waals surface area contributed by atoms with Gasteiger partial charge in [0.05, 0.1) is 19.8 Å². The molecule has 0 aliphatic heterocycles. The third-order valence-electron chi connectivity index (χ3n) is 2.29. The lowest BCUT2D eigenvalue weighted by atomic mass is 10.2. The van der Waals surface area contributed by atoms with Gasteiger partial charge in [0.25, 0.3) is 0 Å². The second kappa shape index (κ2) is 7.03. The van der Waals surface area contributed by atoms with Gasteiger partial charge in [-0.15, -0.1) is 10.2 Å². The Morgan fingerprint density at radius 3 is 2.35 bits per heavy atom. The molecule has 1 rings (SSSR count). The molecule has 7 nitrogen and oxygen atoms in total. The van der Waals surface area contributed by atoms with Crippen molar-refractivity contribution >= 4 is 17.6 Å². The van der Waals surface area contributed by atoms with Crippen LogP contribution >= 0.6 is 0 Å². The fourth-order valence-corrected chi connectivity index (χ4v) is 1.30. The second-order valence-electron chi connectivity index (χ2n) is 3.63. The van der Waals surface area contributed by atoms with Crippen LogP contribution in [-0.4, -0.2) is 31.3 Å². The number of methoxy groups -OCH3 is 2. The van der Waals surface area contributed by atoms with Gasteiger partial charge in [0.2, 0.25) is 5.70 Å². The maximum atomic E-state index is 11.5. The number of benzene rings is 1. The average molecular weight is 278 g/mol. The minimum Gasteiger partial charge on any atom is -0.510 e. The van der Waals surface area contributed by atoms with Crippen molar-refractivity contribution in [2.24, 2.45) is 10.2 Å². The van der Waals surface area contributed by atoms with Crippen molar-refractivity contribution in [3.8, 4) is 0 Å². The van der Waals surface area contributed by atoms with Crippen LogP contribution in [0, 0.1) is 0 Å². The van der Waals surface area contributed by atoms with Crippen LogP contribution in [0.1, 0.15) is 17.3 Å². The third kappa shape index (κ3) is 3.64. The number of esters is 2. The van der Waals surface area contributed by atoms with E-state index in [1.165, 1.54) is 26.2 Å². The lowest BCUT2D eigenvalue weighted by Gasteiger charge is -2.03. The fourth-order valence-electron chi connectivity index (χ4n) is 1.30. The predicted molar refractivity (Wildman–Crippen MR) is 69.6 cm³/mol. The Balaban J connectivity index is 3.16. The predicted octanol–water partition coefficient (Wildman–Crippen LogP) is 2.52. The van der Waals surface area contributed by atoms with Gasteiger partial charge in [-0.25, -0.2) is 9.59 Å². The lowest BCUT2D eigenvalue weighted by Crippen LogP contribution is -2.05. The molecule has 0 aliphatic rings. The zero-order valence-corrected chi connectivity index (χ0v) is 11.3. The number of hydrogen-bond acceptors (Lipinski definition) is 7. The van der Waals surface area contributed by atoms with E-state index in [1.807, 2.05) is 0 Å². The molecule has 106 valence electrons. The minimum atomic E-state index is -0.829. The minimum absolute atomic E-state index is 0.193. The third-order valence-corrected chi connectivity index (χ3v) is 2.29. The highest BCUT2D eigenvalue weighted by molar-refractivity contribution is 5.94. The van der Waals surface area contributed by atoms with E-state index in [9.17, 15) is 14.7 Å². The number of azo groups is 1. The summed E-state index contributed by atoms with van der Waals surface area (Å²) in [5, 5.41) is 16.7. The summed E-state index contributed by atoms with van der Waals surface area (Å²) in [4.78, 5) is 22.9. The van der Waals surface area contributed by atoms with Crippen molar-refractivity contribution in [3.05, 3.63) is 41.3 Å². The summed E-state index contributed by atoms with van der Waals surface area (Å²) in [5.41, 5.74) is 0.0627. The summed E-state index contributed by atoms with van der Waals surface area (Å²) < 4.78 is 9.06. The number of aliphatic hydroxyl groups is 1. The number of hydrogen-bond donors (Lipinski definition) is 1. The molecule has 0 bridgehead atoms. The van der Waals surface area contributed by atoms with Crippen LogP contribution < -0.4 is 0 Å². The molecule has 1 aromatic carbocycles. The molecule has 0 radical (unpaired) electrons. The van der Waals surface area contributed by atoms with Gasteiger partial charge in [-0.05, 0) is 19.1 Å². The first-order valence-corrected chi connectivity index (χ1v) is 5.58. The molecule has 0 unspecified atom stereocenters. The standard InChI is InChI=1S/C13H14N2O5/c1-8(16)11(13(18)20-3)15-14-10-7-5-4-6-9(10)12(17)19-2/h4-7,16H,1-3H3. The number of carbonyl (C=O) groups excluding carboxylic acids is 2. The highest BCUT2D eigenvalue weighted by atomic mass is 16.5. The molecule has 20 heavy (non-hydrogen) atoms. The first kappa shape index (κ1) is 15.4. The van der Waals surface area contributed by atoms with Crippen LogP contribution in [0.3, 0.4) is 0 Å². The highest BCUT2D eigenvalue weighted by Crippen LogP contribution is 2.21. The van der Waals surface area contributed by atoms with Gasteiger partial charge in [-0.2, -0.15) is 0 Å². The molecule has 0 heterocycles. The SMILES string of the molecule is COC(=O)C(N=Nc1ccccc1C(=O)OC)=C(C)O. The van der Waals surface area contributed by atoms with E-state index in [2.05, 4.69) is 19.7 Å². The maximum Gasteiger partial charge on any atom is 0.362 e. The molecule has 0 saturated carbocycles. The van der Waals surface area contributed by atoms with Gasteiger partial charge in [0.15, 0.2) is 0 Å². The summed E-state index contributed by atoms with van der Waals surface area (Å²) >= 11 is 0. The van der Waals surface area contributed by atoms with Crippen molar-refractivity contribution < 1.29 is 24.2 Å². The molecule has 7 heteroatoms. The first-order valence-electron chi connectivity index (χ1n) is 5.58. The smallest absolute Gasteiger partial charge is 0.362 e. The van der Waals surface area contributed by atoms with Crippen LogP contribution in [-0.2, 0) is 14.3 Å². The normalized spacial score (nSPS) is 11.9. The molecule has 0 spiro atoms. The van der Waals surface area contributed by atoms with E-state index in [1.54, 1.807) is 12.1 Å². The molecule has 0 saturated heterocycles. The number of carbonyl (C=O) groups is 2. The second-order valence-corrected chi connectivity index (χ2v) is 3.63. The van der Waals surface area contributed by atoms with E-state index in [0.717, 1.165) is 7.11 Å². The average Bonchev–Trinajstić information content (AvgIpc) is 2.46. The molecule has 0 aliphatic carbocycles. The van der Waals surface area contributed by atoms with E-state index in [-0.39, 0.29) is 22.7 Å². The van der Waals surface area contributed by atoms with Gasteiger partial charge >= 0.3 is 11.9 Å². The molecule has 1 aromatic rings. The van der Waals surface area contributed by atoms with Gasteiger partial charge in [-0.3, -0.25) is 0 Å². The summed E-state index contributed by atoms with van der Waals surface area (Å²) in [6, 6.07) is 6.32. The Morgan fingerprint density at radius 1 is 1.15 bits per heavy atom. The molecule has 0 aromatic heterocycles. The number of rotatable bonds is 4. The van der Waals surface area contributed by atoms with Crippen molar-refractivity contribution in [3.63, 3.8) is 0 Å². The zero-order valence-electron chi connectivity index (χ0n) is 11.3. The van der Waals surface area contributed by atoms with E-state index < -0.39 is 11.9 Å². The van der Waals surface area contributed by atoms with Gasteiger partial charge in [-0.1, -0.05) is 12.1 Å². The molecule has 1 N–H and O–H groups in total. The summed E-state index contributed by atoms with van der Waals surface area (Å²) in [5.74, 6) is -1.75. The Labute approximate surface area is 115 Å².